The van der Waals surface area contributed by atoms with Crippen molar-refractivity contribution in [2.45, 2.75) is 25.2 Å². The standard InChI is InChI=1S/C12H16O2.C12H14O2.I3/c2*1-13-12-4-2-10(3-5-12)11-6-8-14-9-7-11;1-3-2/h2-5,11H,6-9H2,1H3;2-6H,7-9H2,1H3;/q;;-1. The van der Waals surface area contributed by atoms with Crippen molar-refractivity contribution in [3.63, 3.8) is 0 Å². The molecule has 0 aromatic heterocycles. The number of halogens is 3. The molecule has 31 heavy (non-hydrogen) atoms. The van der Waals surface area contributed by atoms with Gasteiger partial charge >= 0.3 is 50.5 Å². The Morgan fingerprint density at radius 2 is 1.35 bits per heavy atom. The van der Waals surface area contributed by atoms with Gasteiger partial charge in [-0.25, -0.2) is 0 Å². The van der Waals surface area contributed by atoms with E-state index in [0.29, 0.717) is 19.2 Å². The van der Waals surface area contributed by atoms with Crippen molar-refractivity contribution in [1.29, 1.82) is 0 Å². The fourth-order valence-corrected chi connectivity index (χ4v) is 3.50. The second-order valence-corrected chi connectivity index (χ2v) is 23.2. The summed E-state index contributed by atoms with van der Waals surface area (Å²) in [4.78, 5) is 0. The minimum atomic E-state index is 0.530. The second-order valence-electron chi connectivity index (χ2n) is 7.00. The molecule has 0 bridgehead atoms. The molecule has 2 aliphatic rings. The first-order chi connectivity index (χ1) is 15.2. The summed E-state index contributed by atoms with van der Waals surface area (Å²) in [6.45, 7) is 3.37. The molecular weight excluding hydrogens is 733 g/mol. The van der Waals surface area contributed by atoms with Crippen LogP contribution in [0.1, 0.15) is 36.3 Å². The second kappa shape index (κ2) is 16.5. The zero-order valence-corrected chi connectivity index (χ0v) is 24.5. The average molecular weight is 763 g/mol. The molecule has 2 aromatic carbocycles. The van der Waals surface area contributed by atoms with Crippen molar-refractivity contribution >= 4 is 42.8 Å². The van der Waals surface area contributed by atoms with Crippen molar-refractivity contribution in [2.24, 2.45) is 0 Å². The topological polar surface area (TPSA) is 36.9 Å². The molecule has 0 amide bonds. The quantitative estimate of drug-likeness (QED) is 0.444. The molecule has 172 valence electrons. The molecule has 0 spiro atoms. The van der Waals surface area contributed by atoms with Crippen molar-refractivity contribution in [2.75, 3.05) is 40.6 Å². The van der Waals surface area contributed by atoms with Crippen LogP contribution in [0, 0.1) is 0 Å². The summed E-state index contributed by atoms with van der Waals surface area (Å²) < 4.78 is 20.9. The van der Waals surface area contributed by atoms with Crippen LogP contribution in [0.2, 0.25) is 0 Å². The zero-order chi connectivity index (χ0) is 22.3. The van der Waals surface area contributed by atoms with Gasteiger partial charge in [-0.15, -0.1) is 0 Å². The van der Waals surface area contributed by atoms with Gasteiger partial charge in [0.1, 0.15) is 11.5 Å². The van der Waals surface area contributed by atoms with Crippen LogP contribution >= 0.6 is 37.2 Å². The Hall–Kier alpha value is -0.110. The number of methoxy groups -OCH3 is 2. The number of hydrogen-bond acceptors (Lipinski definition) is 4. The third-order valence-corrected chi connectivity index (χ3v) is 5.23. The third-order valence-electron chi connectivity index (χ3n) is 5.23. The molecule has 0 aliphatic carbocycles. The zero-order valence-electron chi connectivity index (χ0n) is 18.0. The molecule has 0 atom stereocenters. The fraction of sp³-hybridized carbons (Fsp3) is 0.417. The molecule has 1 saturated heterocycles. The Bertz CT molecular complexity index is 757. The van der Waals surface area contributed by atoms with Crippen LogP contribution in [0.5, 0.6) is 11.5 Å². The molecule has 2 aliphatic heterocycles. The summed E-state index contributed by atoms with van der Waals surface area (Å²) in [5.74, 6) is 2.51. The number of hydrogen-bond donors (Lipinski definition) is 0. The van der Waals surface area contributed by atoms with E-state index in [1.807, 2.05) is 24.3 Å². The van der Waals surface area contributed by atoms with Gasteiger partial charge in [0.25, 0.3) is 0 Å². The first-order valence-electron chi connectivity index (χ1n) is 10.2. The van der Waals surface area contributed by atoms with Crippen LogP contribution in [-0.4, -0.2) is 40.6 Å². The van der Waals surface area contributed by atoms with Gasteiger partial charge in [-0.05, 0) is 66.1 Å². The molecule has 7 heteroatoms. The first-order valence-corrected chi connectivity index (χ1v) is 22.8. The average Bonchev–Trinajstić information content (AvgIpc) is 2.86. The van der Waals surface area contributed by atoms with Crippen molar-refractivity contribution in [3.8, 4) is 11.5 Å². The molecule has 4 rings (SSSR count). The van der Waals surface area contributed by atoms with Gasteiger partial charge < -0.3 is 18.9 Å². The summed E-state index contributed by atoms with van der Waals surface area (Å²) in [6.07, 6.45) is 5.44. The number of rotatable bonds is 4. The van der Waals surface area contributed by atoms with Gasteiger partial charge in [0.2, 0.25) is 0 Å². The van der Waals surface area contributed by atoms with E-state index in [-0.39, 0.29) is 0 Å². The van der Waals surface area contributed by atoms with Crippen LogP contribution < -0.4 is 22.7 Å². The van der Waals surface area contributed by atoms with E-state index in [1.54, 1.807) is 14.2 Å². The Kier molecular flexibility index (Phi) is 14.4. The summed E-state index contributed by atoms with van der Waals surface area (Å²) in [7, 11) is 3.38. The Morgan fingerprint density at radius 3 is 1.84 bits per heavy atom. The predicted molar refractivity (Wildman–Crippen MR) is 140 cm³/mol. The SMILES string of the molecule is COc1ccc(C2=CCOCC2)cc1.COc1ccc(C2CCOCC2)cc1.I[I-]I. The van der Waals surface area contributed by atoms with E-state index >= 15 is 0 Å². The number of ether oxygens (including phenoxy) is 4. The monoisotopic (exact) mass is 763 g/mol. The van der Waals surface area contributed by atoms with Crippen LogP contribution in [0.15, 0.2) is 54.6 Å². The molecule has 0 radical (unpaired) electrons. The molecule has 0 saturated carbocycles. The summed E-state index contributed by atoms with van der Waals surface area (Å²) >= 11 is 5.30. The maximum absolute atomic E-state index is 5.34. The molecule has 0 N–H and O–H groups in total. The third kappa shape index (κ3) is 10.1. The van der Waals surface area contributed by atoms with Gasteiger partial charge in [0, 0.05) is 13.2 Å². The first kappa shape index (κ1) is 27.1. The summed E-state index contributed by atoms with van der Waals surface area (Å²) in [6, 6.07) is 16.6. The van der Waals surface area contributed by atoms with Gasteiger partial charge in [0.15, 0.2) is 0 Å². The maximum atomic E-state index is 5.34. The molecule has 1 fully saturated rings. The van der Waals surface area contributed by atoms with E-state index < -0.39 is 0 Å². The Labute approximate surface area is 216 Å². The van der Waals surface area contributed by atoms with Crippen LogP contribution in [0.4, 0.5) is 0 Å². The van der Waals surface area contributed by atoms with Gasteiger partial charge in [-0.1, -0.05) is 30.3 Å². The summed E-state index contributed by atoms with van der Waals surface area (Å²) in [5.41, 5.74) is 4.06. The molecule has 2 aromatic rings. The van der Waals surface area contributed by atoms with Crippen LogP contribution in [0.3, 0.4) is 0 Å². The van der Waals surface area contributed by atoms with Crippen molar-refractivity contribution < 1.29 is 32.2 Å². The van der Waals surface area contributed by atoms with Crippen LogP contribution in [-0.2, 0) is 9.47 Å². The van der Waals surface area contributed by atoms with Gasteiger partial charge in [-0.3, -0.25) is 0 Å². The van der Waals surface area contributed by atoms with Gasteiger partial charge in [0.05, 0.1) is 27.4 Å². The van der Waals surface area contributed by atoms with E-state index in [2.05, 4.69) is 67.6 Å². The van der Waals surface area contributed by atoms with E-state index in [1.165, 1.54) is 16.7 Å². The minimum absolute atomic E-state index is 0.530. The van der Waals surface area contributed by atoms with Gasteiger partial charge in [-0.2, -0.15) is 0 Å². The molecule has 2 heterocycles. The Morgan fingerprint density at radius 1 is 0.806 bits per heavy atom. The van der Waals surface area contributed by atoms with Crippen molar-refractivity contribution in [3.05, 3.63) is 65.7 Å². The molecule has 4 nitrogen and oxygen atoms in total. The fourth-order valence-electron chi connectivity index (χ4n) is 3.50. The van der Waals surface area contributed by atoms with E-state index in [0.717, 1.165) is 57.2 Å². The normalized spacial score (nSPS) is 16.2. The van der Waals surface area contributed by atoms with E-state index in [9.17, 15) is 0 Å². The van der Waals surface area contributed by atoms with E-state index in [4.69, 9.17) is 18.9 Å². The summed E-state index contributed by atoms with van der Waals surface area (Å²) in [5, 5.41) is 0. The predicted octanol–water partition coefficient (Wildman–Crippen LogP) is 3.86. The molecular formula is C24H30I3O4-. The Balaban J connectivity index is 0.000000196. The number of benzene rings is 2. The van der Waals surface area contributed by atoms with Crippen LogP contribution in [0.25, 0.3) is 5.57 Å². The molecule has 0 unspecified atom stereocenters. The van der Waals surface area contributed by atoms with Crippen molar-refractivity contribution in [1.82, 2.24) is 0 Å².